The molecule has 0 N–H and O–H groups in total. The van der Waals surface area contributed by atoms with Gasteiger partial charge in [-0.3, -0.25) is 0 Å². The molecular formula is C17H23N3O3S2. The predicted molar refractivity (Wildman–Crippen MR) is 99.1 cm³/mol. The SMILES string of the molecule is Cc1ccc(C)c(OCCSc2nnc(C3CCS(=O)(=O)C3)n2C)c1. The van der Waals surface area contributed by atoms with E-state index in [1.54, 1.807) is 11.8 Å². The van der Waals surface area contributed by atoms with Gasteiger partial charge in [-0.25, -0.2) is 8.42 Å². The quantitative estimate of drug-likeness (QED) is 0.565. The molecule has 0 bridgehead atoms. The molecule has 6 nitrogen and oxygen atoms in total. The third-order valence-corrected chi connectivity index (χ3v) is 7.13. The molecule has 8 heteroatoms. The van der Waals surface area contributed by atoms with Crippen LogP contribution in [0.15, 0.2) is 23.4 Å². The van der Waals surface area contributed by atoms with Crippen LogP contribution in [0.1, 0.15) is 29.3 Å². The zero-order chi connectivity index (χ0) is 18.0. The molecule has 0 radical (unpaired) electrons. The van der Waals surface area contributed by atoms with E-state index >= 15 is 0 Å². The number of aromatic nitrogens is 3. The van der Waals surface area contributed by atoms with E-state index in [4.69, 9.17) is 4.74 Å². The fourth-order valence-corrected chi connectivity index (χ4v) is 5.43. The Morgan fingerprint density at radius 1 is 1.32 bits per heavy atom. The first-order chi connectivity index (χ1) is 11.9. The number of ether oxygens (including phenoxy) is 1. The molecule has 1 aliphatic heterocycles. The number of rotatable bonds is 6. The van der Waals surface area contributed by atoms with Gasteiger partial charge in [0.15, 0.2) is 15.0 Å². The zero-order valence-corrected chi connectivity index (χ0v) is 16.4. The number of nitrogens with zero attached hydrogens (tertiary/aromatic N) is 3. The highest BCUT2D eigenvalue weighted by Crippen LogP contribution is 2.29. The number of hydrogen-bond donors (Lipinski definition) is 0. The monoisotopic (exact) mass is 381 g/mol. The normalized spacial score (nSPS) is 19.2. The van der Waals surface area contributed by atoms with Crippen molar-refractivity contribution < 1.29 is 13.2 Å². The Labute approximate surface area is 152 Å². The van der Waals surface area contributed by atoms with E-state index in [2.05, 4.69) is 22.3 Å². The number of hydrogen-bond acceptors (Lipinski definition) is 6. The lowest BCUT2D eigenvalue weighted by Gasteiger charge is -2.10. The van der Waals surface area contributed by atoms with E-state index in [0.717, 1.165) is 28.0 Å². The van der Waals surface area contributed by atoms with Gasteiger partial charge in [-0.2, -0.15) is 0 Å². The highest BCUT2D eigenvalue weighted by Gasteiger charge is 2.32. The highest BCUT2D eigenvalue weighted by molar-refractivity contribution is 7.99. The van der Waals surface area contributed by atoms with Crippen molar-refractivity contribution in [2.75, 3.05) is 23.9 Å². The Morgan fingerprint density at radius 3 is 2.84 bits per heavy atom. The summed E-state index contributed by atoms with van der Waals surface area (Å²) >= 11 is 1.57. The fraction of sp³-hybridized carbons (Fsp3) is 0.529. The minimum atomic E-state index is -2.92. The van der Waals surface area contributed by atoms with Gasteiger partial charge in [0.1, 0.15) is 11.6 Å². The van der Waals surface area contributed by atoms with Gasteiger partial charge in [0.2, 0.25) is 0 Å². The van der Waals surface area contributed by atoms with Gasteiger partial charge in [-0.15, -0.1) is 10.2 Å². The molecule has 1 saturated heterocycles. The number of thioether (sulfide) groups is 1. The van der Waals surface area contributed by atoms with Crippen molar-refractivity contribution in [1.82, 2.24) is 14.8 Å². The Morgan fingerprint density at radius 2 is 2.12 bits per heavy atom. The topological polar surface area (TPSA) is 74.1 Å². The Bertz CT molecular complexity index is 862. The highest BCUT2D eigenvalue weighted by atomic mass is 32.2. The van der Waals surface area contributed by atoms with E-state index in [-0.39, 0.29) is 17.4 Å². The first-order valence-corrected chi connectivity index (χ1v) is 11.1. The van der Waals surface area contributed by atoms with Crippen molar-refractivity contribution in [2.45, 2.75) is 31.3 Å². The average Bonchev–Trinajstić information content (AvgIpc) is 3.09. The largest absolute Gasteiger partial charge is 0.492 e. The second kappa shape index (κ2) is 7.37. The molecule has 2 aromatic rings. The second-order valence-corrected chi connectivity index (χ2v) is 9.76. The smallest absolute Gasteiger partial charge is 0.191 e. The second-order valence-electron chi connectivity index (χ2n) is 6.47. The molecule has 1 aromatic carbocycles. The number of aryl methyl sites for hydroxylation is 2. The fourth-order valence-electron chi connectivity index (χ4n) is 2.95. The third kappa shape index (κ3) is 4.36. The van der Waals surface area contributed by atoms with Crippen molar-refractivity contribution in [2.24, 2.45) is 7.05 Å². The van der Waals surface area contributed by atoms with Gasteiger partial charge in [0, 0.05) is 18.7 Å². The van der Waals surface area contributed by atoms with Crippen LogP contribution in [-0.2, 0) is 16.9 Å². The Hall–Kier alpha value is -1.54. The molecule has 0 saturated carbocycles. The molecule has 3 rings (SSSR count). The molecule has 1 aliphatic rings. The summed E-state index contributed by atoms with van der Waals surface area (Å²) in [5.74, 6) is 2.82. The van der Waals surface area contributed by atoms with Crippen molar-refractivity contribution in [3.05, 3.63) is 35.2 Å². The van der Waals surface area contributed by atoms with Gasteiger partial charge in [0.25, 0.3) is 0 Å². The van der Waals surface area contributed by atoms with Crippen molar-refractivity contribution in [3.63, 3.8) is 0 Å². The van der Waals surface area contributed by atoms with Crippen molar-refractivity contribution in [3.8, 4) is 5.75 Å². The van der Waals surface area contributed by atoms with Gasteiger partial charge >= 0.3 is 0 Å². The Balaban J connectivity index is 1.55. The first-order valence-electron chi connectivity index (χ1n) is 8.28. The molecule has 1 aromatic heterocycles. The minimum Gasteiger partial charge on any atom is -0.492 e. The summed E-state index contributed by atoms with van der Waals surface area (Å²) in [6.07, 6.45) is 0.634. The van der Waals surface area contributed by atoms with Crippen LogP contribution in [0.5, 0.6) is 5.75 Å². The molecule has 0 aliphatic carbocycles. The maximum atomic E-state index is 11.7. The maximum Gasteiger partial charge on any atom is 0.191 e. The van der Waals surface area contributed by atoms with Crippen LogP contribution >= 0.6 is 11.8 Å². The molecule has 1 atom stereocenters. The molecule has 25 heavy (non-hydrogen) atoms. The molecule has 0 spiro atoms. The lowest BCUT2D eigenvalue weighted by molar-refractivity contribution is 0.341. The molecule has 2 heterocycles. The maximum absolute atomic E-state index is 11.7. The molecular weight excluding hydrogens is 358 g/mol. The van der Waals surface area contributed by atoms with Crippen LogP contribution in [0, 0.1) is 13.8 Å². The summed E-state index contributed by atoms with van der Waals surface area (Å²) < 4.78 is 31.1. The van der Waals surface area contributed by atoms with Crippen LogP contribution in [0.3, 0.4) is 0 Å². The minimum absolute atomic E-state index is 0.0388. The number of sulfone groups is 1. The summed E-state index contributed by atoms with van der Waals surface area (Å²) in [7, 11) is -1.02. The lowest BCUT2D eigenvalue weighted by Crippen LogP contribution is -2.09. The molecule has 1 fully saturated rings. The lowest BCUT2D eigenvalue weighted by atomic mass is 10.1. The van der Waals surface area contributed by atoms with Crippen LogP contribution in [0.2, 0.25) is 0 Å². The summed E-state index contributed by atoms with van der Waals surface area (Å²) in [6.45, 7) is 4.66. The summed E-state index contributed by atoms with van der Waals surface area (Å²) in [5.41, 5.74) is 2.30. The average molecular weight is 382 g/mol. The van der Waals surface area contributed by atoms with E-state index in [0.29, 0.717) is 13.0 Å². The van der Waals surface area contributed by atoms with Crippen molar-refractivity contribution >= 4 is 21.6 Å². The summed E-state index contributed by atoms with van der Waals surface area (Å²) in [5, 5.41) is 9.22. The number of benzene rings is 1. The predicted octanol–water partition coefficient (Wildman–Crippen LogP) is 2.51. The van der Waals surface area contributed by atoms with Crippen molar-refractivity contribution in [1.29, 1.82) is 0 Å². The van der Waals surface area contributed by atoms with Gasteiger partial charge in [-0.05, 0) is 37.5 Å². The summed E-state index contributed by atoms with van der Waals surface area (Å²) in [4.78, 5) is 0. The van der Waals surface area contributed by atoms with E-state index in [1.807, 2.05) is 31.5 Å². The van der Waals surface area contributed by atoms with Crippen LogP contribution in [-0.4, -0.2) is 47.0 Å². The summed E-state index contributed by atoms with van der Waals surface area (Å²) in [6, 6.07) is 6.17. The van der Waals surface area contributed by atoms with Gasteiger partial charge in [-0.1, -0.05) is 23.9 Å². The standard InChI is InChI=1S/C17H23N3O3S2/c1-12-4-5-13(2)15(10-12)23-7-8-24-17-19-18-16(20(17)3)14-6-9-25(21,22)11-14/h4-5,10,14H,6-9,11H2,1-3H3. The first kappa shape index (κ1) is 18.3. The van der Waals surface area contributed by atoms with E-state index in [9.17, 15) is 8.42 Å². The molecule has 1 unspecified atom stereocenters. The molecule has 0 amide bonds. The van der Waals surface area contributed by atoms with E-state index < -0.39 is 9.84 Å². The third-order valence-electron chi connectivity index (χ3n) is 4.38. The van der Waals surface area contributed by atoms with E-state index in [1.165, 1.54) is 5.56 Å². The van der Waals surface area contributed by atoms with Crippen LogP contribution in [0.4, 0.5) is 0 Å². The van der Waals surface area contributed by atoms with Gasteiger partial charge < -0.3 is 9.30 Å². The Kier molecular flexibility index (Phi) is 5.38. The van der Waals surface area contributed by atoms with Crippen LogP contribution < -0.4 is 4.74 Å². The molecule has 136 valence electrons. The zero-order valence-electron chi connectivity index (χ0n) is 14.7. The van der Waals surface area contributed by atoms with Crippen LogP contribution in [0.25, 0.3) is 0 Å². The van der Waals surface area contributed by atoms with Gasteiger partial charge in [0.05, 0.1) is 18.1 Å².